The summed E-state index contributed by atoms with van der Waals surface area (Å²) >= 11 is 5.76. The van der Waals surface area contributed by atoms with E-state index in [1.807, 2.05) is 0 Å². The SMILES string of the molecule is Cc1cccc([C@H](C)NCc2ccc(F)c(Cl)c2)c1. The summed E-state index contributed by atoms with van der Waals surface area (Å²) < 4.78 is 13.1. The van der Waals surface area contributed by atoms with Crippen molar-refractivity contribution in [2.45, 2.75) is 26.4 Å². The van der Waals surface area contributed by atoms with E-state index in [4.69, 9.17) is 11.6 Å². The summed E-state index contributed by atoms with van der Waals surface area (Å²) in [6.45, 7) is 4.85. The zero-order valence-corrected chi connectivity index (χ0v) is 11.8. The number of halogens is 2. The van der Waals surface area contributed by atoms with Crippen LogP contribution in [0.2, 0.25) is 5.02 Å². The molecule has 1 N–H and O–H groups in total. The van der Waals surface area contributed by atoms with E-state index in [1.54, 1.807) is 12.1 Å². The van der Waals surface area contributed by atoms with Crippen molar-refractivity contribution >= 4 is 11.6 Å². The van der Waals surface area contributed by atoms with Crippen LogP contribution in [0.25, 0.3) is 0 Å². The van der Waals surface area contributed by atoms with Gasteiger partial charge in [0.25, 0.3) is 0 Å². The van der Waals surface area contributed by atoms with E-state index in [-0.39, 0.29) is 16.9 Å². The summed E-state index contributed by atoms with van der Waals surface area (Å²) in [7, 11) is 0. The van der Waals surface area contributed by atoms with E-state index < -0.39 is 0 Å². The van der Waals surface area contributed by atoms with Crippen LogP contribution in [0.5, 0.6) is 0 Å². The minimum atomic E-state index is -0.378. The maximum absolute atomic E-state index is 13.1. The molecule has 2 aromatic rings. The van der Waals surface area contributed by atoms with Crippen LogP contribution in [0.4, 0.5) is 4.39 Å². The molecule has 0 unspecified atom stereocenters. The quantitative estimate of drug-likeness (QED) is 0.858. The van der Waals surface area contributed by atoms with Gasteiger partial charge in [-0.2, -0.15) is 0 Å². The van der Waals surface area contributed by atoms with Gasteiger partial charge in [-0.1, -0.05) is 47.5 Å². The van der Waals surface area contributed by atoms with E-state index in [2.05, 4.69) is 43.4 Å². The van der Waals surface area contributed by atoms with Gasteiger partial charge in [0.05, 0.1) is 5.02 Å². The van der Waals surface area contributed by atoms with Crippen molar-refractivity contribution in [1.29, 1.82) is 0 Å². The van der Waals surface area contributed by atoms with Crippen LogP contribution < -0.4 is 5.32 Å². The Kier molecular flexibility index (Phi) is 4.56. The predicted octanol–water partition coefficient (Wildman–Crippen LogP) is 4.64. The fourth-order valence-electron chi connectivity index (χ4n) is 1.98. The molecule has 0 amide bonds. The number of hydrogen-bond donors (Lipinski definition) is 1. The highest BCUT2D eigenvalue weighted by molar-refractivity contribution is 6.30. The van der Waals surface area contributed by atoms with Crippen LogP contribution in [0.15, 0.2) is 42.5 Å². The first-order valence-electron chi connectivity index (χ1n) is 6.30. The lowest BCUT2D eigenvalue weighted by Gasteiger charge is -2.15. The molecule has 2 aromatic carbocycles. The van der Waals surface area contributed by atoms with Crippen LogP contribution in [0.1, 0.15) is 29.7 Å². The smallest absolute Gasteiger partial charge is 0.141 e. The van der Waals surface area contributed by atoms with Gasteiger partial charge in [-0.05, 0) is 37.1 Å². The van der Waals surface area contributed by atoms with Crippen LogP contribution >= 0.6 is 11.6 Å². The number of benzene rings is 2. The first-order valence-corrected chi connectivity index (χ1v) is 6.68. The minimum absolute atomic E-state index is 0.169. The van der Waals surface area contributed by atoms with Crippen molar-refractivity contribution in [3.63, 3.8) is 0 Å². The lowest BCUT2D eigenvalue weighted by molar-refractivity contribution is 0.572. The molecule has 0 spiro atoms. The Morgan fingerprint density at radius 2 is 2.00 bits per heavy atom. The third-order valence-electron chi connectivity index (χ3n) is 3.14. The van der Waals surface area contributed by atoms with E-state index in [0.29, 0.717) is 6.54 Å². The molecule has 0 bridgehead atoms. The van der Waals surface area contributed by atoms with Crippen molar-refractivity contribution in [3.05, 3.63) is 70.0 Å². The van der Waals surface area contributed by atoms with Gasteiger partial charge >= 0.3 is 0 Å². The molecule has 0 aromatic heterocycles. The van der Waals surface area contributed by atoms with Crippen LogP contribution in [-0.2, 0) is 6.54 Å². The highest BCUT2D eigenvalue weighted by Gasteiger charge is 2.06. The third kappa shape index (κ3) is 3.79. The Morgan fingerprint density at radius 3 is 2.68 bits per heavy atom. The maximum Gasteiger partial charge on any atom is 0.141 e. The Morgan fingerprint density at radius 1 is 1.21 bits per heavy atom. The highest BCUT2D eigenvalue weighted by atomic mass is 35.5. The Bertz CT molecular complexity index is 568. The molecular weight excluding hydrogens is 261 g/mol. The van der Waals surface area contributed by atoms with Crippen molar-refractivity contribution in [3.8, 4) is 0 Å². The molecule has 3 heteroatoms. The second kappa shape index (κ2) is 6.18. The normalized spacial score (nSPS) is 12.4. The Balaban J connectivity index is 2.00. The van der Waals surface area contributed by atoms with Gasteiger partial charge < -0.3 is 5.32 Å². The number of aryl methyl sites for hydroxylation is 1. The predicted molar refractivity (Wildman–Crippen MR) is 77.8 cm³/mol. The zero-order valence-electron chi connectivity index (χ0n) is 11.1. The first kappa shape index (κ1) is 14.0. The standard InChI is InChI=1S/C16H17ClFN/c1-11-4-3-5-14(8-11)12(2)19-10-13-6-7-16(18)15(17)9-13/h3-9,12,19H,10H2,1-2H3/t12-/m0/s1. The summed E-state index contributed by atoms with van der Waals surface area (Å²) in [6, 6.07) is 13.4. The van der Waals surface area contributed by atoms with Crippen molar-refractivity contribution in [2.24, 2.45) is 0 Å². The Hall–Kier alpha value is -1.38. The van der Waals surface area contributed by atoms with Crippen LogP contribution in [0, 0.1) is 12.7 Å². The summed E-state index contributed by atoms with van der Waals surface area (Å²) in [6.07, 6.45) is 0. The fourth-order valence-corrected chi connectivity index (χ4v) is 2.18. The van der Waals surface area contributed by atoms with Gasteiger partial charge in [0.2, 0.25) is 0 Å². The van der Waals surface area contributed by atoms with Crippen molar-refractivity contribution in [1.82, 2.24) is 5.32 Å². The largest absolute Gasteiger partial charge is 0.306 e. The molecule has 0 radical (unpaired) electrons. The van der Waals surface area contributed by atoms with E-state index >= 15 is 0 Å². The Labute approximate surface area is 118 Å². The molecule has 100 valence electrons. The van der Waals surface area contributed by atoms with Crippen molar-refractivity contribution in [2.75, 3.05) is 0 Å². The van der Waals surface area contributed by atoms with Gasteiger partial charge in [-0.15, -0.1) is 0 Å². The average Bonchev–Trinajstić information content (AvgIpc) is 2.40. The van der Waals surface area contributed by atoms with Crippen molar-refractivity contribution < 1.29 is 4.39 Å². The van der Waals surface area contributed by atoms with Crippen LogP contribution in [0.3, 0.4) is 0 Å². The average molecular weight is 278 g/mol. The van der Waals surface area contributed by atoms with Crippen LogP contribution in [-0.4, -0.2) is 0 Å². The topological polar surface area (TPSA) is 12.0 Å². The molecule has 19 heavy (non-hydrogen) atoms. The maximum atomic E-state index is 13.1. The first-order chi connectivity index (χ1) is 9.06. The van der Waals surface area contributed by atoms with Gasteiger partial charge in [0.15, 0.2) is 0 Å². The van der Waals surface area contributed by atoms with E-state index in [0.717, 1.165) is 5.56 Å². The molecule has 0 saturated carbocycles. The van der Waals surface area contributed by atoms with Gasteiger partial charge in [0, 0.05) is 12.6 Å². The summed E-state index contributed by atoms with van der Waals surface area (Å²) in [5.41, 5.74) is 3.47. The molecule has 1 nitrogen and oxygen atoms in total. The lowest BCUT2D eigenvalue weighted by atomic mass is 10.1. The monoisotopic (exact) mass is 277 g/mol. The molecule has 0 aliphatic carbocycles. The van der Waals surface area contributed by atoms with Gasteiger partial charge in [-0.3, -0.25) is 0 Å². The molecule has 0 fully saturated rings. The fraction of sp³-hybridized carbons (Fsp3) is 0.250. The number of rotatable bonds is 4. The molecule has 0 saturated heterocycles. The molecule has 0 heterocycles. The summed E-state index contributed by atoms with van der Waals surface area (Å²) in [4.78, 5) is 0. The molecule has 0 aliphatic heterocycles. The summed E-state index contributed by atoms with van der Waals surface area (Å²) in [5.74, 6) is -0.378. The lowest BCUT2D eigenvalue weighted by Crippen LogP contribution is -2.18. The van der Waals surface area contributed by atoms with E-state index in [1.165, 1.54) is 17.2 Å². The second-order valence-electron chi connectivity index (χ2n) is 4.77. The molecule has 2 rings (SSSR count). The van der Waals surface area contributed by atoms with E-state index in [9.17, 15) is 4.39 Å². The third-order valence-corrected chi connectivity index (χ3v) is 3.43. The number of hydrogen-bond acceptors (Lipinski definition) is 1. The molecular formula is C16H17ClFN. The highest BCUT2D eigenvalue weighted by Crippen LogP contribution is 2.18. The molecule has 0 aliphatic rings. The number of nitrogens with one attached hydrogen (secondary N) is 1. The minimum Gasteiger partial charge on any atom is -0.306 e. The zero-order chi connectivity index (χ0) is 13.8. The van der Waals surface area contributed by atoms with Gasteiger partial charge in [-0.25, -0.2) is 4.39 Å². The molecule has 1 atom stereocenters. The summed E-state index contributed by atoms with van der Waals surface area (Å²) in [5, 5.41) is 3.58. The van der Waals surface area contributed by atoms with Gasteiger partial charge in [0.1, 0.15) is 5.82 Å². The second-order valence-corrected chi connectivity index (χ2v) is 5.17.